The Balaban J connectivity index is 1.77. The molecule has 1 aromatic carbocycles. The van der Waals surface area contributed by atoms with Gasteiger partial charge < -0.3 is 20.1 Å². The highest BCUT2D eigenvalue weighted by Gasteiger charge is 2.47. The lowest BCUT2D eigenvalue weighted by Crippen LogP contribution is -2.58. The minimum atomic E-state index is -1.06. The van der Waals surface area contributed by atoms with Gasteiger partial charge >= 0.3 is 12.1 Å². The SMILES string of the molecule is CC(C)C[C@@H](NC(=O)C1(c2ccccc2)CCN(C(=O)[C@H]2CSCN2C(=O)OC(C)(C)C)CC1)C(=O)O. The highest BCUT2D eigenvalue weighted by atomic mass is 32.2. The maximum atomic E-state index is 13.7. The van der Waals surface area contributed by atoms with E-state index in [0.717, 1.165) is 5.56 Å². The number of likely N-dealkylation sites (tertiary alicyclic amines) is 1. The lowest BCUT2D eigenvalue weighted by molar-refractivity contribution is -0.144. The summed E-state index contributed by atoms with van der Waals surface area (Å²) in [5, 5.41) is 12.5. The van der Waals surface area contributed by atoms with Gasteiger partial charge in [0.15, 0.2) is 0 Å². The van der Waals surface area contributed by atoms with Gasteiger partial charge in [0.1, 0.15) is 17.7 Å². The Hall–Kier alpha value is -2.75. The zero-order valence-corrected chi connectivity index (χ0v) is 23.2. The van der Waals surface area contributed by atoms with Crippen molar-refractivity contribution in [3.63, 3.8) is 0 Å². The third kappa shape index (κ3) is 6.97. The largest absolute Gasteiger partial charge is 0.480 e. The predicted molar refractivity (Wildman–Crippen MR) is 142 cm³/mol. The van der Waals surface area contributed by atoms with Crippen molar-refractivity contribution in [1.29, 1.82) is 0 Å². The normalized spacial score (nSPS) is 20.4. The van der Waals surface area contributed by atoms with Crippen LogP contribution in [0, 0.1) is 5.92 Å². The first-order chi connectivity index (χ1) is 17.3. The number of benzene rings is 1. The summed E-state index contributed by atoms with van der Waals surface area (Å²) >= 11 is 1.51. The van der Waals surface area contributed by atoms with E-state index in [1.807, 2.05) is 44.2 Å². The molecule has 9 nitrogen and oxygen atoms in total. The minimum Gasteiger partial charge on any atom is -0.480 e. The molecular formula is C27H39N3O6S. The average molecular weight is 534 g/mol. The van der Waals surface area contributed by atoms with Crippen LogP contribution in [-0.4, -0.2) is 81.2 Å². The van der Waals surface area contributed by atoms with Gasteiger partial charge in [0, 0.05) is 18.8 Å². The smallest absolute Gasteiger partial charge is 0.411 e. The highest BCUT2D eigenvalue weighted by molar-refractivity contribution is 7.99. The topological polar surface area (TPSA) is 116 Å². The summed E-state index contributed by atoms with van der Waals surface area (Å²) in [7, 11) is 0. The van der Waals surface area contributed by atoms with E-state index in [-0.39, 0.29) is 17.7 Å². The fourth-order valence-electron chi connectivity index (χ4n) is 4.86. The maximum Gasteiger partial charge on any atom is 0.411 e. The molecule has 0 radical (unpaired) electrons. The van der Waals surface area contributed by atoms with Gasteiger partial charge in [-0.3, -0.25) is 14.5 Å². The Bertz CT molecular complexity index is 986. The van der Waals surface area contributed by atoms with E-state index in [9.17, 15) is 24.3 Å². The number of nitrogens with zero attached hydrogens (tertiary/aromatic N) is 2. The van der Waals surface area contributed by atoms with E-state index >= 15 is 0 Å². The van der Waals surface area contributed by atoms with Crippen LogP contribution in [0.25, 0.3) is 0 Å². The molecule has 0 unspecified atom stereocenters. The first-order valence-electron chi connectivity index (χ1n) is 12.8. The summed E-state index contributed by atoms with van der Waals surface area (Å²) in [6.07, 6.45) is 0.538. The number of carbonyl (C=O) groups is 4. The zero-order chi connectivity index (χ0) is 27.4. The van der Waals surface area contributed by atoms with Crippen LogP contribution in [0.4, 0.5) is 4.79 Å². The van der Waals surface area contributed by atoms with Crippen molar-refractivity contribution in [2.45, 2.75) is 77.0 Å². The molecule has 2 aliphatic heterocycles. The van der Waals surface area contributed by atoms with Crippen molar-refractivity contribution in [2.24, 2.45) is 5.92 Å². The van der Waals surface area contributed by atoms with Crippen molar-refractivity contribution in [3.8, 4) is 0 Å². The number of carbonyl (C=O) groups excluding carboxylic acids is 3. The van der Waals surface area contributed by atoms with Gasteiger partial charge in [-0.2, -0.15) is 0 Å². The molecule has 10 heteroatoms. The predicted octanol–water partition coefficient (Wildman–Crippen LogP) is 3.47. The van der Waals surface area contributed by atoms with Gasteiger partial charge in [0.25, 0.3) is 0 Å². The number of hydrogen-bond donors (Lipinski definition) is 2. The molecule has 0 aliphatic carbocycles. The van der Waals surface area contributed by atoms with E-state index in [4.69, 9.17) is 4.74 Å². The number of carboxylic acid groups (broad SMARTS) is 1. The van der Waals surface area contributed by atoms with Crippen molar-refractivity contribution >= 4 is 35.6 Å². The Morgan fingerprint density at radius 3 is 2.30 bits per heavy atom. The van der Waals surface area contributed by atoms with Crippen LogP contribution < -0.4 is 5.32 Å². The van der Waals surface area contributed by atoms with Crippen molar-refractivity contribution < 1.29 is 29.0 Å². The van der Waals surface area contributed by atoms with Gasteiger partial charge in [0.2, 0.25) is 11.8 Å². The summed E-state index contributed by atoms with van der Waals surface area (Å²) in [5.41, 5.74) is -0.798. The Labute approximate surface area is 223 Å². The van der Waals surface area contributed by atoms with Crippen molar-refractivity contribution in [3.05, 3.63) is 35.9 Å². The lowest BCUT2D eigenvalue weighted by Gasteiger charge is -2.42. The molecule has 2 atom stereocenters. The van der Waals surface area contributed by atoms with Crippen LogP contribution in [0.15, 0.2) is 30.3 Å². The number of rotatable bonds is 7. The van der Waals surface area contributed by atoms with Crippen LogP contribution in [0.2, 0.25) is 0 Å². The van der Waals surface area contributed by atoms with Crippen LogP contribution in [0.5, 0.6) is 0 Å². The maximum absolute atomic E-state index is 13.7. The molecule has 3 amide bonds. The van der Waals surface area contributed by atoms with Crippen LogP contribution in [0.3, 0.4) is 0 Å². The van der Waals surface area contributed by atoms with Gasteiger partial charge in [-0.15, -0.1) is 11.8 Å². The van der Waals surface area contributed by atoms with Crippen LogP contribution in [0.1, 0.15) is 59.4 Å². The number of nitrogens with one attached hydrogen (secondary N) is 1. The van der Waals surface area contributed by atoms with Crippen LogP contribution in [-0.2, 0) is 24.5 Å². The van der Waals surface area contributed by atoms with Gasteiger partial charge in [-0.05, 0) is 51.5 Å². The summed E-state index contributed by atoms with van der Waals surface area (Å²) in [6.45, 7) is 9.86. The summed E-state index contributed by atoms with van der Waals surface area (Å²) < 4.78 is 5.50. The molecule has 204 valence electrons. The molecule has 3 rings (SSSR count). The fourth-order valence-corrected chi connectivity index (χ4v) is 5.99. The molecule has 2 heterocycles. The quantitative estimate of drug-likeness (QED) is 0.551. The molecule has 2 N–H and O–H groups in total. The molecule has 0 spiro atoms. The number of piperidine rings is 1. The van der Waals surface area contributed by atoms with E-state index in [1.165, 1.54) is 16.7 Å². The number of ether oxygens (including phenoxy) is 1. The number of thioether (sulfide) groups is 1. The number of amides is 3. The van der Waals surface area contributed by atoms with Gasteiger partial charge in [-0.1, -0.05) is 44.2 Å². The van der Waals surface area contributed by atoms with Crippen LogP contribution >= 0.6 is 11.8 Å². The fraction of sp³-hybridized carbons (Fsp3) is 0.630. The zero-order valence-electron chi connectivity index (χ0n) is 22.4. The summed E-state index contributed by atoms with van der Waals surface area (Å²) in [6, 6.07) is 7.76. The van der Waals surface area contributed by atoms with Crippen molar-refractivity contribution in [2.75, 3.05) is 24.7 Å². The second kappa shape index (κ2) is 11.8. The Morgan fingerprint density at radius 2 is 1.76 bits per heavy atom. The standard InChI is InChI=1S/C27H39N3O6S/c1-18(2)15-20(23(32)33)28-24(34)27(19-9-7-6-8-10-19)11-13-29(14-12-27)22(31)21-16-37-17-30(21)25(35)36-26(3,4)5/h6-10,18,20-21H,11-17H2,1-5H3,(H,28,34)(H,32,33)/t20-,21-/m1/s1. The van der Waals surface area contributed by atoms with Crippen molar-refractivity contribution in [1.82, 2.24) is 15.1 Å². The number of aliphatic carboxylic acids is 1. The third-order valence-corrected chi connectivity index (χ3v) is 7.81. The minimum absolute atomic E-state index is 0.103. The average Bonchev–Trinajstić information content (AvgIpc) is 3.32. The van der Waals surface area contributed by atoms with E-state index in [2.05, 4.69) is 5.32 Å². The molecule has 2 fully saturated rings. The first-order valence-corrected chi connectivity index (χ1v) is 13.9. The molecule has 37 heavy (non-hydrogen) atoms. The Morgan fingerprint density at radius 1 is 1.14 bits per heavy atom. The molecule has 2 saturated heterocycles. The second-order valence-corrected chi connectivity index (χ2v) is 12.2. The lowest BCUT2D eigenvalue weighted by atomic mass is 9.71. The second-order valence-electron chi connectivity index (χ2n) is 11.2. The van der Waals surface area contributed by atoms with E-state index in [1.54, 1.807) is 25.7 Å². The van der Waals surface area contributed by atoms with Gasteiger partial charge in [-0.25, -0.2) is 9.59 Å². The van der Waals surface area contributed by atoms with Gasteiger partial charge in [0.05, 0.1) is 11.3 Å². The molecule has 1 aromatic rings. The summed E-state index contributed by atoms with van der Waals surface area (Å²) in [4.78, 5) is 54.9. The molecule has 0 aromatic heterocycles. The molecule has 0 bridgehead atoms. The first kappa shape index (κ1) is 28.8. The molecule has 0 saturated carbocycles. The highest BCUT2D eigenvalue weighted by Crippen LogP contribution is 2.37. The molecule has 2 aliphatic rings. The number of hydrogen-bond acceptors (Lipinski definition) is 6. The van der Waals surface area contributed by atoms with E-state index < -0.39 is 35.2 Å². The van der Waals surface area contributed by atoms with E-state index in [0.29, 0.717) is 44.0 Å². The monoisotopic (exact) mass is 533 g/mol. The molecular weight excluding hydrogens is 494 g/mol. The summed E-state index contributed by atoms with van der Waals surface area (Å²) in [5.74, 6) is -0.549. The number of carboxylic acids is 1. The third-order valence-electron chi connectivity index (χ3n) is 6.80. The Kier molecular flexibility index (Phi) is 9.15.